The molecule has 0 saturated heterocycles. The Balaban J connectivity index is 1.12. The Morgan fingerprint density at radius 3 is 1.81 bits per heavy atom. The maximum atomic E-state index is 6.37. The lowest BCUT2D eigenvalue weighted by Crippen LogP contribution is -2.01. The molecule has 0 aliphatic heterocycles. The molecule has 0 radical (unpaired) electrons. The number of nitrogens with zero attached hydrogens (tertiary/aromatic N) is 4. The van der Waals surface area contributed by atoms with Crippen LogP contribution in [0, 0.1) is 0 Å². The Labute approximate surface area is 313 Å². The maximum Gasteiger partial charge on any atom is 0.164 e. The fraction of sp³-hybridized carbons (Fsp3) is 0.0816. The molecular weight excluding hydrogens is 661 g/mol. The highest BCUT2D eigenvalue weighted by Crippen LogP contribution is 2.39. The van der Waals surface area contributed by atoms with E-state index < -0.39 is 0 Å². The van der Waals surface area contributed by atoms with Gasteiger partial charge in [0.05, 0.1) is 11.0 Å². The summed E-state index contributed by atoms with van der Waals surface area (Å²) in [4.78, 5) is 15.3. The van der Waals surface area contributed by atoms with Gasteiger partial charge >= 0.3 is 0 Å². The Hall–Kier alpha value is -6.85. The monoisotopic (exact) mass is 696 g/mol. The summed E-state index contributed by atoms with van der Waals surface area (Å²) in [5.41, 5.74) is 11.5. The molecule has 0 atom stereocenters. The molecule has 0 aliphatic carbocycles. The van der Waals surface area contributed by atoms with Crippen LogP contribution in [0.5, 0.6) is 0 Å². The quantitative estimate of drug-likeness (QED) is 0.159. The summed E-state index contributed by atoms with van der Waals surface area (Å²) in [5.74, 6) is 1.91. The van der Waals surface area contributed by atoms with Crippen LogP contribution in [0.25, 0.3) is 94.7 Å². The summed E-state index contributed by atoms with van der Waals surface area (Å²) in [6.45, 7) is 2.23. The van der Waals surface area contributed by atoms with Crippen molar-refractivity contribution in [3.63, 3.8) is 0 Å². The minimum atomic E-state index is 0.625. The van der Waals surface area contributed by atoms with Crippen molar-refractivity contribution < 1.29 is 4.42 Å². The number of hydrogen-bond donors (Lipinski definition) is 0. The number of fused-ring (bicyclic) bond motifs is 6. The third-order valence-electron chi connectivity index (χ3n) is 10.5. The largest absolute Gasteiger partial charge is 0.456 e. The smallest absolute Gasteiger partial charge is 0.164 e. The van der Waals surface area contributed by atoms with Crippen molar-refractivity contribution in [3.8, 4) is 51.0 Å². The Bertz CT molecular complexity index is 2960. The second kappa shape index (κ2) is 13.3. The molecule has 0 spiro atoms. The van der Waals surface area contributed by atoms with Gasteiger partial charge in [-0.1, -0.05) is 141 Å². The van der Waals surface area contributed by atoms with Gasteiger partial charge in [0.1, 0.15) is 11.2 Å². The Morgan fingerprint density at radius 2 is 1.06 bits per heavy atom. The zero-order valence-corrected chi connectivity index (χ0v) is 29.9. The molecule has 3 aromatic heterocycles. The van der Waals surface area contributed by atoms with E-state index in [9.17, 15) is 0 Å². The molecular formula is C49H36N4O. The highest BCUT2D eigenvalue weighted by molar-refractivity contribution is 6.17. The van der Waals surface area contributed by atoms with Crippen molar-refractivity contribution in [1.29, 1.82) is 0 Å². The molecule has 5 nitrogen and oxygen atoms in total. The van der Waals surface area contributed by atoms with Crippen LogP contribution in [0.2, 0.25) is 0 Å². The van der Waals surface area contributed by atoms with E-state index in [0.29, 0.717) is 17.5 Å². The topological polar surface area (TPSA) is 56.7 Å². The summed E-state index contributed by atoms with van der Waals surface area (Å²) in [7, 11) is 0. The number of furan rings is 1. The highest BCUT2D eigenvalue weighted by Gasteiger charge is 2.18. The molecule has 3 heterocycles. The predicted molar refractivity (Wildman–Crippen MR) is 222 cm³/mol. The number of hydrogen-bond acceptors (Lipinski definition) is 4. The summed E-state index contributed by atoms with van der Waals surface area (Å²) in [6.07, 6.45) is 3.41. The van der Waals surface area contributed by atoms with E-state index in [1.165, 1.54) is 34.7 Å². The fourth-order valence-electron chi connectivity index (χ4n) is 7.66. The zero-order chi connectivity index (χ0) is 36.0. The Kier molecular flexibility index (Phi) is 7.84. The molecule has 0 saturated carbocycles. The lowest BCUT2D eigenvalue weighted by molar-refractivity contribution is 0.669. The van der Waals surface area contributed by atoms with Gasteiger partial charge in [-0.15, -0.1) is 0 Å². The first-order valence-electron chi connectivity index (χ1n) is 18.7. The first kappa shape index (κ1) is 31.9. The van der Waals surface area contributed by atoms with E-state index in [-0.39, 0.29) is 0 Å². The third-order valence-corrected chi connectivity index (χ3v) is 10.5. The molecule has 0 aliphatic rings. The van der Waals surface area contributed by atoms with Gasteiger partial charge in [0.15, 0.2) is 17.5 Å². The summed E-state index contributed by atoms with van der Waals surface area (Å²) in [5, 5.41) is 4.62. The second-order valence-corrected chi connectivity index (χ2v) is 13.9. The van der Waals surface area contributed by atoms with Crippen LogP contribution >= 0.6 is 0 Å². The van der Waals surface area contributed by atoms with E-state index >= 15 is 0 Å². The first-order chi connectivity index (χ1) is 26.7. The minimum Gasteiger partial charge on any atom is -0.456 e. The molecule has 7 aromatic carbocycles. The van der Waals surface area contributed by atoms with Crippen LogP contribution in [0.15, 0.2) is 168 Å². The zero-order valence-electron chi connectivity index (χ0n) is 29.9. The van der Waals surface area contributed by atoms with Crippen LogP contribution in [-0.2, 0) is 6.42 Å². The molecule has 0 unspecified atom stereocenters. The number of benzene rings is 7. The van der Waals surface area contributed by atoms with Crippen LogP contribution < -0.4 is 0 Å². The van der Waals surface area contributed by atoms with Gasteiger partial charge in [-0.3, -0.25) is 0 Å². The normalized spacial score (nSPS) is 11.6. The number of unbranched alkanes of at least 4 members (excludes halogenated alkanes) is 1. The number of para-hydroxylation sites is 2. The summed E-state index contributed by atoms with van der Waals surface area (Å²) >= 11 is 0. The van der Waals surface area contributed by atoms with E-state index in [1.807, 2.05) is 18.2 Å². The van der Waals surface area contributed by atoms with Crippen LogP contribution in [0.4, 0.5) is 0 Å². The Morgan fingerprint density at radius 1 is 0.444 bits per heavy atom. The number of aromatic nitrogens is 4. The van der Waals surface area contributed by atoms with E-state index in [1.54, 1.807) is 0 Å². The van der Waals surface area contributed by atoms with E-state index in [0.717, 1.165) is 67.3 Å². The molecule has 10 rings (SSSR count). The molecule has 54 heavy (non-hydrogen) atoms. The SMILES string of the molecule is CCCCc1ccc(-c2nc(-c3ccc(-c4ccccc4)cc3)nc(-c3cccc(-n4c5ccccc5c5cc6c(cc54)oc4ccccc46)c3)n2)cc1. The molecule has 5 heteroatoms. The molecule has 10 aromatic rings. The van der Waals surface area contributed by atoms with Crippen molar-refractivity contribution in [3.05, 3.63) is 169 Å². The summed E-state index contributed by atoms with van der Waals surface area (Å²) < 4.78 is 8.69. The van der Waals surface area contributed by atoms with Gasteiger partial charge in [-0.25, -0.2) is 15.0 Å². The average Bonchev–Trinajstić information content (AvgIpc) is 3.77. The standard InChI is InChI=1S/C49H36N4O/c1-2-3-12-32-21-23-35(24-22-32)47-50-48(36-27-25-34(26-28-36)33-13-5-4-6-14-33)52-49(51-47)37-15-11-16-38(29-37)53-43-19-9-7-17-39(43)41-30-42-40-18-8-10-20-45(40)54-46(42)31-44(41)53/h4-11,13-31H,2-3,12H2,1H3. The first-order valence-corrected chi connectivity index (χ1v) is 18.7. The molecule has 0 fully saturated rings. The van der Waals surface area contributed by atoms with E-state index in [2.05, 4.69) is 157 Å². The maximum absolute atomic E-state index is 6.37. The van der Waals surface area contributed by atoms with Gasteiger partial charge in [-0.2, -0.15) is 0 Å². The van der Waals surface area contributed by atoms with Gasteiger partial charge in [0, 0.05) is 50.0 Å². The van der Waals surface area contributed by atoms with Crippen molar-refractivity contribution in [2.75, 3.05) is 0 Å². The molecule has 0 N–H and O–H groups in total. The van der Waals surface area contributed by atoms with Crippen molar-refractivity contribution in [2.45, 2.75) is 26.2 Å². The highest BCUT2D eigenvalue weighted by atomic mass is 16.3. The average molecular weight is 697 g/mol. The van der Waals surface area contributed by atoms with Crippen LogP contribution in [0.1, 0.15) is 25.3 Å². The minimum absolute atomic E-state index is 0.625. The molecule has 258 valence electrons. The molecule has 0 amide bonds. The predicted octanol–water partition coefficient (Wildman–Crippen LogP) is 12.9. The van der Waals surface area contributed by atoms with E-state index in [4.69, 9.17) is 19.4 Å². The van der Waals surface area contributed by atoms with Crippen molar-refractivity contribution in [2.24, 2.45) is 0 Å². The van der Waals surface area contributed by atoms with Crippen LogP contribution in [0.3, 0.4) is 0 Å². The lowest BCUT2D eigenvalue weighted by Gasteiger charge is -2.12. The van der Waals surface area contributed by atoms with Gasteiger partial charge in [0.25, 0.3) is 0 Å². The molecule has 0 bridgehead atoms. The van der Waals surface area contributed by atoms with Crippen LogP contribution in [-0.4, -0.2) is 19.5 Å². The third kappa shape index (κ3) is 5.62. The summed E-state index contributed by atoms with van der Waals surface area (Å²) in [6, 6.07) is 57.4. The second-order valence-electron chi connectivity index (χ2n) is 13.9. The number of rotatable bonds is 8. The lowest BCUT2D eigenvalue weighted by atomic mass is 10.0. The van der Waals surface area contributed by atoms with Gasteiger partial charge in [0.2, 0.25) is 0 Å². The fourth-order valence-corrected chi connectivity index (χ4v) is 7.66. The number of aryl methyl sites for hydroxylation is 1. The van der Waals surface area contributed by atoms with Crippen molar-refractivity contribution in [1.82, 2.24) is 19.5 Å². The van der Waals surface area contributed by atoms with Gasteiger partial charge in [-0.05, 0) is 59.9 Å². The van der Waals surface area contributed by atoms with Gasteiger partial charge < -0.3 is 8.98 Å². The van der Waals surface area contributed by atoms with Crippen molar-refractivity contribution >= 4 is 43.7 Å².